The minimum Gasteiger partial charge on any atom is -0.507 e. The van der Waals surface area contributed by atoms with E-state index in [2.05, 4.69) is 10.3 Å². The fraction of sp³-hybridized carbons (Fsp3) is 0. The zero-order chi connectivity index (χ0) is 11.8. The van der Waals surface area contributed by atoms with Gasteiger partial charge in [-0.05, 0) is 17.3 Å². The largest absolute Gasteiger partial charge is 0.507 e. The number of phenolic OH excluding ortho intramolecular Hbond substituents is 1. The summed E-state index contributed by atoms with van der Waals surface area (Å²) in [6.45, 7) is 0. The highest BCUT2D eigenvalue weighted by molar-refractivity contribution is 5.92. The summed E-state index contributed by atoms with van der Waals surface area (Å²) in [5.41, 5.74) is 2.46. The summed E-state index contributed by atoms with van der Waals surface area (Å²) in [6, 6.07) is 12.3. The van der Waals surface area contributed by atoms with Crippen LogP contribution in [0.3, 0.4) is 0 Å². The summed E-state index contributed by atoms with van der Waals surface area (Å²) < 4.78 is 0. The van der Waals surface area contributed by atoms with E-state index in [0.29, 0.717) is 16.6 Å². The lowest BCUT2D eigenvalue weighted by Crippen LogP contribution is -1.91. The predicted molar refractivity (Wildman–Crippen MR) is 61.8 cm³/mol. The molecule has 3 rings (SSSR count). The smallest absolute Gasteiger partial charge is 0.131 e. The molecule has 2 N–H and O–H groups in total. The van der Waals surface area contributed by atoms with Crippen molar-refractivity contribution >= 4 is 11.0 Å². The lowest BCUT2D eigenvalue weighted by molar-refractivity contribution is 0.155. The lowest BCUT2D eigenvalue weighted by atomic mass is 10.0. The molecule has 1 aromatic heterocycles. The summed E-state index contributed by atoms with van der Waals surface area (Å²) >= 11 is 0. The Hall–Kier alpha value is -2.56. The Morgan fingerprint density at radius 2 is 1.71 bits per heavy atom. The molecule has 0 atom stereocenters. The summed E-state index contributed by atoms with van der Waals surface area (Å²) in [6.07, 6.45) is 0. The summed E-state index contributed by atoms with van der Waals surface area (Å²) in [5, 5.41) is 26.7. The summed E-state index contributed by atoms with van der Waals surface area (Å²) in [4.78, 5) is 0.721. The molecule has 2 aromatic carbocycles. The van der Waals surface area contributed by atoms with Crippen LogP contribution in [-0.2, 0) is 0 Å². The van der Waals surface area contributed by atoms with Crippen molar-refractivity contribution in [1.29, 1.82) is 0 Å². The number of hydrogen-bond donors (Lipinski definition) is 2. The normalized spacial score (nSPS) is 10.8. The van der Waals surface area contributed by atoms with Gasteiger partial charge in [0.15, 0.2) is 0 Å². The van der Waals surface area contributed by atoms with Crippen molar-refractivity contribution in [1.82, 2.24) is 15.2 Å². The van der Waals surface area contributed by atoms with Gasteiger partial charge in [-0.25, -0.2) is 0 Å². The Morgan fingerprint density at radius 1 is 0.941 bits per heavy atom. The fourth-order valence-corrected chi connectivity index (χ4v) is 1.85. The Morgan fingerprint density at radius 3 is 2.53 bits per heavy atom. The quantitative estimate of drug-likeness (QED) is 0.624. The van der Waals surface area contributed by atoms with Gasteiger partial charge in [0.05, 0.1) is 0 Å². The number of rotatable bonds is 1. The third-order valence-electron chi connectivity index (χ3n) is 2.65. The van der Waals surface area contributed by atoms with E-state index in [0.717, 1.165) is 10.4 Å². The van der Waals surface area contributed by atoms with Crippen LogP contribution in [0.25, 0.3) is 22.2 Å². The molecule has 0 aliphatic carbocycles. The Bertz CT molecular complexity index is 691. The zero-order valence-corrected chi connectivity index (χ0v) is 8.78. The second-order valence-corrected chi connectivity index (χ2v) is 3.67. The maximum absolute atomic E-state index is 9.81. The van der Waals surface area contributed by atoms with Crippen LogP contribution in [-0.4, -0.2) is 25.5 Å². The van der Waals surface area contributed by atoms with Gasteiger partial charge in [-0.3, -0.25) is 0 Å². The number of aromatic nitrogens is 3. The van der Waals surface area contributed by atoms with E-state index < -0.39 is 0 Å². The first kappa shape index (κ1) is 9.65. The van der Waals surface area contributed by atoms with Crippen LogP contribution < -0.4 is 0 Å². The first-order chi connectivity index (χ1) is 8.27. The van der Waals surface area contributed by atoms with Crippen molar-refractivity contribution in [2.75, 3.05) is 0 Å². The predicted octanol–water partition coefficient (Wildman–Crippen LogP) is 2.04. The van der Waals surface area contributed by atoms with E-state index >= 15 is 0 Å². The van der Waals surface area contributed by atoms with Gasteiger partial charge in [0.2, 0.25) is 0 Å². The highest BCUT2D eigenvalue weighted by Gasteiger charge is 2.11. The first-order valence-corrected chi connectivity index (χ1v) is 5.09. The van der Waals surface area contributed by atoms with Crippen LogP contribution in [0.4, 0.5) is 0 Å². The number of aromatic hydroxyl groups is 1. The van der Waals surface area contributed by atoms with Crippen LogP contribution in [0.5, 0.6) is 5.75 Å². The monoisotopic (exact) mass is 227 g/mol. The topological polar surface area (TPSA) is 71.2 Å². The van der Waals surface area contributed by atoms with E-state index in [4.69, 9.17) is 0 Å². The summed E-state index contributed by atoms with van der Waals surface area (Å²) in [7, 11) is 0. The number of phenols is 1. The number of hydrogen-bond acceptors (Lipinski definition) is 4. The van der Waals surface area contributed by atoms with Gasteiger partial charge in [0, 0.05) is 11.1 Å². The number of fused-ring (bicyclic) bond motifs is 1. The van der Waals surface area contributed by atoms with E-state index in [1.165, 1.54) is 0 Å². The molecule has 0 amide bonds. The molecule has 5 heteroatoms. The van der Waals surface area contributed by atoms with Gasteiger partial charge in [-0.15, -0.1) is 5.10 Å². The van der Waals surface area contributed by atoms with Gasteiger partial charge in [0.25, 0.3) is 0 Å². The Kier molecular flexibility index (Phi) is 1.98. The molecule has 0 saturated carbocycles. The first-order valence-electron chi connectivity index (χ1n) is 5.09. The highest BCUT2D eigenvalue weighted by atomic mass is 16.5. The van der Waals surface area contributed by atoms with Gasteiger partial charge in [-0.2, -0.15) is 0 Å². The van der Waals surface area contributed by atoms with Crippen molar-refractivity contribution in [3.8, 4) is 16.9 Å². The van der Waals surface area contributed by atoms with Crippen LogP contribution in [0.15, 0.2) is 42.5 Å². The van der Waals surface area contributed by atoms with Crippen LogP contribution in [0.2, 0.25) is 0 Å². The second kappa shape index (κ2) is 3.48. The minimum absolute atomic E-state index is 0.174. The van der Waals surface area contributed by atoms with Crippen molar-refractivity contribution < 1.29 is 10.3 Å². The molecule has 0 unspecified atom stereocenters. The molecule has 0 spiro atoms. The molecule has 0 aliphatic heterocycles. The van der Waals surface area contributed by atoms with Crippen LogP contribution >= 0.6 is 0 Å². The van der Waals surface area contributed by atoms with E-state index in [1.807, 2.05) is 12.1 Å². The van der Waals surface area contributed by atoms with Crippen molar-refractivity contribution in [3.63, 3.8) is 0 Å². The second-order valence-electron chi connectivity index (χ2n) is 3.67. The molecule has 84 valence electrons. The molecule has 1 heterocycles. The Balaban J connectivity index is 2.35. The molecule has 0 fully saturated rings. The van der Waals surface area contributed by atoms with Crippen molar-refractivity contribution in [3.05, 3.63) is 42.5 Å². The maximum Gasteiger partial charge on any atom is 0.131 e. The lowest BCUT2D eigenvalue weighted by Gasteiger charge is -2.04. The maximum atomic E-state index is 9.81. The van der Waals surface area contributed by atoms with E-state index in [1.54, 1.807) is 30.3 Å². The summed E-state index contributed by atoms with van der Waals surface area (Å²) in [5.74, 6) is 0.174. The Labute approximate surface area is 96.5 Å². The molecular weight excluding hydrogens is 218 g/mol. The average molecular weight is 227 g/mol. The van der Waals surface area contributed by atoms with Gasteiger partial charge in [0.1, 0.15) is 16.8 Å². The average Bonchev–Trinajstić information content (AvgIpc) is 2.72. The third kappa shape index (κ3) is 1.40. The molecule has 5 nitrogen and oxygen atoms in total. The SMILES string of the molecule is Oc1ccccc1-c1cccc2c1nnn2O. The van der Waals surface area contributed by atoms with Gasteiger partial charge < -0.3 is 10.3 Å². The molecule has 0 radical (unpaired) electrons. The van der Waals surface area contributed by atoms with Crippen molar-refractivity contribution in [2.24, 2.45) is 0 Å². The molecule has 0 saturated heterocycles. The molecular formula is C12H9N3O2. The van der Waals surface area contributed by atoms with E-state index in [9.17, 15) is 10.3 Å². The third-order valence-corrected chi connectivity index (χ3v) is 2.65. The van der Waals surface area contributed by atoms with Crippen LogP contribution in [0.1, 0.15) is 0 Å². The minimum atomic E-state index is 0.174. The van der Waals surface area contributed by atoms with Gasteiger partial charge in [-0.1, -0.05) is 35.2 Å². The number of benzene rings is 2. The number of para-hydroxylation sites is 1. The van der Waals surface area contributed by atoms with Crippen LogP contribution in [0, 0.1) is 0 Å². The standard InChI is InChI=1S/C12H9N3O2/c16-11-7-2-1-4-8(11)9-5-3-6-10-12(9)13-14-15(10)17/h1-7,16-17H. The van der Waals surface area contributed by atoms with Crippen molar-refractivity contribution in [2.45, 2.75) is 0 Å². The highest BCUT2D eigenvalue weighted by Crippen LogP contribution is 2.32. The molecule has 17 heavy (non-hydrogen) atoms. The molecule has 0 bridgehead atoms. The van der Waals surface area contributed by atoms with Gasteiger partial charge >= 0.3 is 0 Å². The molecule has 0 aliphatic rings. The van der Waals surface area contributed by atoms with E-state index in [-0.39, 0.29) is 5.75 Å². The zero-order valence-electron chi connectivity index (χ0n) is 8.78. The fourth-order valence-electron chi connectivity index (χ4n) is 1.85. The molecule has 3 aromatic rings. The number of nitrogens with zero attached hydrogens (tertiary/aromatic N) is 3.